The van der Waals surface area contributed by atoms with Gasteiger partial charge in [-0.15, -0.1) is 0 Å². The van der Waals surface area contributed by atoms with Crippen molar-refractivity contribution in [1.29, 1.82) is 0 Å². The molecule has 2 N–H and O–H groups in total. The predicted molar refractivity (Wildman–Crippen MR) is 126 cm³/mol. The second kappa shape index (κ2) is 9.77. The summed E-state index contributed by atoms with van der Waals surface area (Å²) in [6.45, 7) is 3.40. The van der Waals surface area contributed by atoms with Gasteiger partial charge in [0, 0.05) is 36.2 Å². The van der Waals surface area contributed by atoms with Gasteiger partial charge in [-0.25, -0.2) is 9.18 Å². The highest BCUT2D eigenvalue weighted by Gasteiger charge is 2.33. The quantitative estimate of drug-likeness (QED) is 0.618. The molecule has 0 unspecified atom stereocenters. The Morgan fingerprint density at radius 2 is 2.00 bits per heavy atom. The number of nitrogens with zero attached hydrogens (tertiary/aromatic N) is 2. The molecular weight excluding hydrogens is 479 g/mol. The highest BCUT2D eigenvalue weighted by molar-refractivity contribution is 9.10. The van der Waals surface area contributed by atoms with Crippen molar-refractivity contribution in [2.24, 2.45) is 0 Å². The predicted octanol–water partition coefficient (Wildman–Crippen LogP) is 4.13. The summed E-state index contributed by atoms with van der Waals surface area (Å²) in [6.07, 6.45) is 0.811. The van der Waals surface area contributed by atoms with Gasteiger partial charge in [0.15, 0.2) is 0 Å². The van der Waals surface area contributed by atoms with Crippen molar-refractivity contribution in [3.8, 4) is 0 Å². The third kappa shape index (κ3) is 5.32. The van der Waals surface area contributed by atoms with Crippen LogP contribution in [-0.4, -0.2) is 50.3 Å². The van der Waals surface area contributed by atoms with Crippen LogP contribution < -0.4 is 20.4 Å². The fraction of sp³-hybridized carbons (Fsp3) is 0.391. The summed E-state index contributed by atoms with van der Waals surface area (Å²) < 4.78 is 21.3. The number of ether oxygens (including phenoxy) is 1. The lowest BCUT2D eigenvalue weighted by Crippen LogP contribution is -2.39. The molecular formula is C23H26BrFN4O3. The minimum absolute atomic E-state index is 0.189. The molecule has 0 spiro atoms. The third-order valence-corrected chi connectivity index (χ3v) is 6.22. The van der Waals surface area contributed by atoms with Crippen LogP contribution in [0.2, 0.25) is 0 Å². The molecule has 7 nitrogen and oxygen atoms in total. The number of carbonyl (C=O) groups excluding carboxylic acids is 2. The fourth-order valence-corrected chi connectivity index (χ4v) is 4.49. The maximum absolute atomic E-state index is 15.0. The number of anilines is 3. The van der Waals surface area contributed by atoms with Crippen molar-refractivity contribution in [1.82, 2.24) is 5.32 Å². The zero-order valence-electron chi connectivity index (χ0n) is 17.8. The summed E-state index contributed by atoms with van der Waals surface area (Å²) in [6, 6.07) is 13.3. The summed E-state index contributed by atoms with van der Waals surface area (Å²) in [5, 5.41) is 6.18. The molecule has 170 valence electrons. The van der Waals surface area contributed by atoms with Crippen molar-refractivity contribution in [3.63, 3.8) is 0 Å². The average molecular weight is 505 g/mol. The SMILES string of the molecule is CC(=O)NC[C@H]1CN(c2ccc(N3CCC(Nc4cccc(Br)c4)CC3)c(F)c2)C(=O)O1. The van der Waals surface area contributed by atoms with Gasteiger partial charge in [-0.3, -0.25) is 9.69 Å². The van der Waals surface area contributed by atoms with Gasteiger partial charge in [-0.1, -0.05) is 22.0 Å². The third-order valence-electron chi connectivity index (χ3n) is 5.73. The highest BCUT2D eigenvalue weighted by Crippen LogP contribution is 2.30. The van der Waals surface area contributed by atoms with Crippen molar-refractivity contribution in [2.75, 3.05) is 41.3 Å². The van der Waals surface area contributed by atoms with E-state index in [2.05, 4.69) is 32.6 Å². The van der Waals surface area contributed by atoms with Crippen LogP contribution in [0.25, 0.3) is 0 Å². The molecule has 2 aromatic rings. The second-order valence-electron chi connectivity index (χ2n) is 8.11. The molecule has 0 bridgehead atoms. The summed E-state index contributed by atoms with van der Waals surface area (Å²) in [7, 11) is 0. The lowest BCUT2D eigenvalue weighted by atomic mass is 10.0. The molecule has 0 radical (unpaired) electrons. The van der Waals surface area contributed by atoms with E-state index in [1.54, 1.807) is 12.1 Å². The lowest BCUT2D eigenvalue weighted by Gasteiger charge is -2.34. The van der Waals surface area contributed by atoms with Gasteiger partial charge in [-0.2, -0.15) is 0 Å². The number of halogens is 2. The van der Waals surface area contributed by atoms with Gasteiger partial charge in [0.2, 0.25) is 5.91 Å². The first-order valence-electron chi connectivity index (χ1n) is 10.7. The van der Waals surface area contributed by atoms with E-state index in [0.29, 0.717) is 17.4 Å². The topological polar surface area (TPSA) is 73.9 Å². The smallest absolute Gasteiger partial charge is 0.414 e. The van der Waals surface area contributed by atoms with Crippen LogP contribution in [-0.2, 0) is 9.53 Å². The monoisotopic (exact) mass is 504 g/mol. The molecule has 32 heavy (non-hydrogen) atoms. The van der Waals surface area contributed by atoms with E-state index in [0.717, 1.165) is 36.1 Å². The maximum Gasteiger partial charge on any atom is 0.414 e. The summed E-state index contributed by atoms with van der Waals surface area (Å²) in [5.74, 6) is -0.551. The Balaban J connectivity index is 1.35. The first-order chi connectivity index (χ1) is 15.4. The Kier molecular flexibility index (Phi) is 6.83. The molecule has 2 aliphatic heterocycles. The summed E-state index contributed by atoms with van der Waals surface area (Å²) in [4.78, 5) is 26.7. The van der Waals surface area contributed by atoms with Crippen LogP contribution in [0, 0.1) is 5.82 Å². The van der Waals surface area contributed by atoms with E-state index in [1.165, 1.54) is 17.9 Å². The molecule has 4 rings (SSSR count). The average Bonchev–Trinajstić information content (AvgIpc) is 3.13. The number of cyclic esters (lactones) is 1. The van der Waals surface area contributed by atoms with Crippen molar-refractivity contribution in [2.45, 2.75) is 31.9 Å². The number of piperidine rings is 1. The van der Waals surface area contributed by atoms with Crippen LogP contribution in [0.3, 0.4) is 0 Å². The Bertz CT molecular complexity index is 997. The van der Waals surface area contributed by atoms with Gasteiger partial charge in [0.05, 0.1) is 24.5 Å². The summed E-state index contributed by atoms with van der Waals surface area (Å²) in [5.41, 5.74) is 2.06. The van der Waals surface area contributed by atoms with Gasteiger partial charge in [0.25, 0.3) is 0 Å². The number of rotatable bonds is 6. The minimum Gasteiger partial charge on any atom is -0.442 e. The Morgan fingerprint density at radius 1 is 1.22 bits per heavy atom. The van der Waals surface area contributed by atoms with Crippen LogP contribution >= 0.6 is 15.9 Å². The van der Waals surface area contributed by atoms with Crippen LogP contribution in [0.5, 0.6) is 0 Å². The van der Waals surface area contributed by atoms with Crippen LogP contribution in [0.4, 0.5) is 26.2 Å². The zero-order chi connectivity index (χ0) is 22.7. The molecule has 2 amide bonds. The Hall–Kier alpha value is -2.81. The first-order valence-corrected chi connectivity index (χ1v) is 11.5. The molecule has 0 aromatic heterocycles. The van der Waals surface area contributed by atoms with Crippen LogP contribution in [0.1, 0.15) is 19.8 Å². The molecule has 0 saturated carbocycles. The van der Waals surface area contributed by atoms with Crippen molar-refractivity contribution in [3.05, 3.63) is 52.8 Å². The number of benzene rings is 2. The van der Waals surface area contributed by atoms with Gasteiger partial charge < -0.3 is 20.3 Å². The standard InChI is InChI=1S/C23H26BrFN4O3/c1-15(30)26-13-20-14-29(23(31)32-20)19-5-6-22(21(25)12-19)28-9-7-17(8-10-28)27-18-4-2-3-16(24)11-18/h2-6,11-12,17,20,27H,7-10,13-14H2,1H3,(H,26,30)/t20-/m0/s1. The Labute approximate surface area is 195 Å². The number of amides is 2. The molecule has 2 aliphatic rings. The van der Waals surface area contributed by atoms with Crippen molar-refractivity contribution >= 4 is 45.0 Å². The van der Waals surface area contributed by atoms with Crippen LogP contribution in [0.15, 0.2) is 46.9 Å². The van der Waals surface area contributed by atoms with E-state index in [-0.39, 0.29) is 24.8 Å². The number of nitrogens with one attached hydrogen (secondary N) is 2. The molecule has 2 saturated heterocycles. The number of hydrogen-bond donors (Lipinski definition) is 2. The van der Waals surface area contributed by atoms with E-state index < -0.39 is 12.2 Å². The van der Waals surface area contributed by atoms with E-state index in [1.807, 2.05) is 23.1 Å². The Morgan fingerprint density at radius 3 is 2.69 bits per heavy atom. The first kappa shape index (κ1) is 22.4. The molecule has 9 heteroatoms. The van der Waals surface area contributed by atoms with E-state index >= 15 is 0 Å². The number of carbonyl (C=O) groups is 2. The van der Waals surface area contributed by atoms with Crippen molar-refractivity contribution < 1.29 is 18.7 Å². The normalized spacial score (nSPS) is 19.1. The van der Waals surface area contributed by atoms with Gasteiger partial charge in [0.1, 0.15) is 11.9 Å². The minimum atomic E-state index is -0.535. The largest absolute Gasteiger partial charge is 0.442 e. The maximum atomic E-state index is 15.0. The zero-order valence-corrected chi connectivity index (χ0v) is 19.4. The number of hydrogen-bond acceptors (Lipinski definition) is 5. The van der Waals surface area contributed by atoms with E-state index in [4.69, 9.17) is 4.74 Å². The molecule has 2 fully saturated rings. The van der Waals surface area contributed by atoms with E-state index in [9.17, 15) is 14.0 Å². The molecule has 0 aliphatic carbocycles. The molecule has 1 atom stereocenters. The summed E-state index contributed by atoms with van der Waals surface area (Å²) >= 11 is 3.49. The molecule has 2 heterocycles. The van der Waals surface area contributed by atoms with Gasteiger partial charge in [-0.05, 0) is 49.2 Å². The lowest BCUT2D eigenvalue weighted by molar-refractivity contribution is -0.119. The second-order valence-corrected chi connectivity index (χ2v) is 9.02. The fourth-order valence-electron chi connectivity index (χ4n) is 4.10. The highest BCUT2D eigenvalue weighted by atomic mass is 79.9. The van der Waals surface area contributed by atoms with Gasteiger partial charge >= 0.3 is 6.09 Å². The molecule has 2 aromatic carbocycles.